The molecule has 0 saturated carbocycles. The number of carbonyl (C=O) groups is 1. The summed E-state index contributed by atoms with van der Waals surface area (Å²) in [6.07, 6.45) is 4.34. The monoisotopic (exact) mass is 570 g/mol. The van der Waals surface area contributed by atoms with Crippen molar-refractivity contribution in [1.29, 1.82) is 5.26 Å². The van der Waals surface area contributed by atoms with Crippen molar-refractivity contribution in [2.75, 3.05) is 62.7 Å². The van der Waals surface area contributed by atoms with Gasteiger partial charge in [0.1, 0.15) is 24.1 Å². The number of nitriles is 1. The van der Waals surface area contributed by atoms with Crippen LogP contribution in [-0.2, 0) is 17.8 Å². The lowest BCUT2D eigenvalue weighted by Crippen LogP contribution is -2.49. The number of anilines is 2. The second-order valence-electron chi connectivity index (χ2n) is 11.1. The summed E-state index contributed by atoms with van der Waals surface area (Å²) >= 11 is 6.70. The van der Waals surface area contributed by atoms with Crippen molar-refractivity contribution >= 4 is 39.8 Å². The van der Waals surface area contributed by atoms with Gasteiger partial charge in [-0.15, -0.1) is 0 Å². The molecular weight excluding hydrogens is 536 g/mol. The van der Waals surface area contributed by atoms with E-state index in [1.54, 1.807) is 0 Å². The van der Waals surface area contributed by atoms with E-state index in [-0.39, 0.29) is 5.91 Å². The summed E-state index contributed by atoms with van der Waals surface area (Å²) < 4.78 is 6.37. The van der Waals surface area contributed by atoms with Crippen LogP contribution >= 0.6 is 11.6 Å². The van der Waals surface area contributed by atoms with Crippen LogP contribution in [0.3, 0.4) is 0 Å². The number of hydrogen-bond acceptors (Lipinski definition) is 7. The number of benzene rings is 2. The molecule has 1 amide bonds. The van der Waals surface area contributed by atoms with Gasteiger partial charge in [0.15, 0.2) is 0 Å². The molecule has 0 N–H and O–H groups in total. The van der Waals surface area contributed by atoms with Crippen LogP contribution in [0.4, 0.5) is 11.5 Å². The number of halogens is 1. The minimum atomic E-state index is -0.0476. The Morgan fingerprint density at radius 3 is 2.61 bits per heavy atom. The van der Waals surface area contributed by atoms with E-state index in [4.69, 9.17) is 21.3 Å². The molecule has 6 rings (SSSR count). The minimum absolute atomic E-state index is 0.0476. The third kappa shape index (κ3) is 5.20. The second-order valence-corrected chi connectivity index (χ2v) is 11.5. The molecule has 0 bridgehead atoms. The third-order valence-corrected chi connectivity index (χ3v) is 9.09. The topological polar surface area (TPSA) is 75.9 Å². The standard InChI is InChI=1S/C32H35ClN6O2/c1-3-29(40)37-15-17-38(18-16-37)31-24-12-14-39(28-11-5-8-22-7-4-10-27(33)30(22)28)20-26(24)25(19-34)32(35-31)41-21-23-9-6-13-36(23)2/h3-5,7-8,10-11,23H,1,6,9,12-18,20-21H2,2H3/t23-/m0/s1. The lowest BCUT2D eigenvalue weighted by atomic mass is 9.94. The molecular formula is C32H35ClN6O2. The minimum Gasteiger partial charge on any atom is -0.475 e. The molecule has 4 heterocycles. The lowest BCUT2D eigenvalue weighted by Gasteiger charge is -2.39. The average Bonchev–Trinajstić information content (AvgIpc) is 3.43. The van der Waals surface area contributed by atoms with Crippen LogP contribution in [0.1, 0.15) is 29.5 Å². The number of carbonyl (C=O) groups excluding carboxylic acids is 1. The van der Waals surface area contributed by atoms with E-state index in [0.29, 0.717) is 56.8 Å². The van der Waals surface area contributed by atoms with Gasteiger partial charge in [-0.05, 0) is 56.4 Å². The van der Waals surface area contributed by atoms with Crippen LogP contribution < -0.4 is 14.5 Å². The fourth-order valence-electron chi connectivity index (χ4n) is 6.45. The Morgan fingerprint density at radius 2 is 1.90 bits per heavy atom. The molecule has 2 aromatic carbocycles. The molecule has 2 fully saturated rings. The lowest BCUT2D eigenvalue weighted by molar-refractivity contribution is -0.126. The van der Waals surface area contributed by atoms with Gasteiger partial charge in [0.25, 0.3) is 0 Å². The fourth-order valence-corrected chi connectivity index (χ4v) is 6.73. The average molecular weight is 571 g/mol. The van der Waals surface area contributed by atoms with E-state index in [1.165, 1.54) is 6.08 Å². The number of piperazine rings is 1. The van der Waals surface area contributed by atoms with Crippen LogP contribution in [0.15, 0.2) is 49.1 Å². The molecule has 0 aliphatic carbocycles. The molecule has 1 atom stereocenters. The summed E-state index contributed by atoms with van der Waals surface area (Å²) in [6.45, 7) is 9.06. The first-order chi connectivity index (χ1) is 20.0. The summed E-state index contributed by atoms with van der Waals surface area (Å²) in [5.74, 6) is 1.23. The molecule has 3 aliphatic rings. The second kappa shape index (κ2) is 11.6. The number of hydrogen-bond donors (Lipinski definition) is 0. The van der Waals surface area contributed by atoms with E-state index in [1.807, 2.05) is 17.0 Å². The zero-order valence-corrected chi connectivity index (χ0v) is 24.2. The first-order valence-electron chi connectivity index (χ1n) is 14.4. The Labute approximate surface area is 246 Å². The van der Waals surface area contributed by atoms with Gasteiger partial charge in [0.05, 0.1) is 5.02 Å². The van der Waals surface area contributed by atoms with Gasteiger partial charge < -0.3 is 24.3 Å². The quantitative estimate of drug-likeness (QED) is 0.400. The van der Waals surface area contributed by atoms with Crippen molar-refractivity contribution in [2.45, 2.75) is 31.8 Å². The first-order valence-corrected chi connectivity index (χ1v) is 14.7. The highest BCUT2D eigenvalue weighted by atomic mass is 35.5. The number of nitrogens with zero attached hydrogens (tertiary/aromatic N) is 6. The molecule has 9 heteroatoms. The number of fused-ring (bicyclic) bond motifs is 2. The number of amides is 1. The van der Waals surface area contributed by atoms with Crippen LogP contribution in [0.5, 0.6) is 5.88 Å². The summed E-state index contributed by atoms with van der Waals surface area (Å²) in [4.78, 5) is 25.9. The zero-order chi connectivity index (χ0) is 28.5. The molecule has 212 valence electrons. The highest BCUT2D eigenvalue weighted by Crippen LogP contribution is 2.39. The summed E-state index contributed by atoms with van der Waals surface area (Å²) in [5.41, 5.74) is 3.64. The first kappa shape index (κ1) is 27.4. The number of rotatable bonds is 6. The van der Waals surface area contributed by atoms with E-state index in [9.17, 15) is 10.1 Å². The largest absolute Gasteiger partial charge is 0.475 e. The normalized spacial score (nSPS) is 19.2. The van der Waals surface area contributed by atoms with E-state index < -0.39 is 0 Å². The van der Waals surface area contributed by atoms with Crippen LogP contribution in [-0.4, -0.2) is 79.7 Å². The summed E-state index contributed by atoms with van der Waals surface area (Å²) in [7, 11) is 2.12. The SMILES string of the molecule is C=CC(=O)N1CCN(c2nc(OC[C@@H]3CCCN3C)c(C#N)c3c2CCN(c2cccc4cccc(Cl)c24)C3)CC1. The van der Waals surface area contributed by atoms with E-state index in [2.05, 4.69) is 58.7 Å². The van der Waals surface area contributed by atoms with Crippen LogP contribution in [0, 0.1) is 11.3 Å². The van der Waals surface area contributed by atoms with Crippen LogP contribution in [0.25, 0.3) is 10.8 Å². The number of aromatic nitrogens is 1. The third-order valence-electron chi connectivity index (χ3n) is 8.77. The summed E-state index contributed by atoms with van der Waals surface area (Å²) in [6, 6.07) is 15.0. The van der Waals surface area contributed by atoms with Gasteiger partial charge in [-0.1, -0.05) is 42.4 Å². The molecule has 3 aliphatic heterocycles. The van der Waals surface area contributed by atoms with Gasteiger partial charge in [-0.2, -0.15) is 10.2 Å². The Kier molecular flexibility index (Phi) is 7.74. The van der Waals surface area contributed by atoms with Crippen molar-refractivity contribution in [3.05, 3.63) is 70.8 Å². The Hall–Kier alpha value is -3.80. The molecule has 1 aromatic heterocycles. The number of likely N-dealkylation sites (N-methyl/N-ethyl adjacent to an activating group) is 1. The van der Waals surface area contributed by atoms with Crippen LogP contribution in [0.2, 0.25) is 5.02 Å². The summed E-state index contributed by atoms with van der Waals surface area (Å²) in [5, 5.41) is 13.3. The number of ether oxygens (including phenoxy) is 1. The number of pyridine rings is 1. The Balaban J connectivity index is 1.38. The molecule has 0 radical (unpaired) electrons. The number of likely N-dealkylation sites (tertiary alicyclic amines) is 1. The molecule has 8 nitrogen and oxygen atoms in total. The molecule has 2 saturated heterocycles. The smallest absolute Gasteiger partial charge is 0.246 e. The molecule has 41 heavy (non-hydrogen) atoms. The fraction of sp³-hybridized carbons (Fsp3) is 0.406. The maximum absolute atomic E-state index is 12.2. The van der Waals surface area contributed by atoms with Crippen molar-refractivity contribution in [3.63, 3.8) is 0 Å². The predicted molar refractivity (Wildman–Crippen MR) is 163 cm³/mol. The van der Waals surface area contributed by atoms with E-state index >= 15 is 0 Å². The molecule has 0 unspecified atom stereocenters. The Morgan fingerprint density at radius 1 is 1.12 bits per heavy atom. The van der Waals surface area contributed by atoms with Gasteiger partial charge in [0.2, 0.25) is 11.8 Å². The maximum Gasteiger partial charge on any atom is 0.246 e. The van der Waals surface area contributed by atoms with E-state index in [0.717, 1.165) is 70.8 Å². The molecule has 0 spiro atoms. The van der Waals surface area contributed by atoms with Gasteiger partial charge in [-0.3, -0.25) is 4.79 Å². The van der Waals surface area contributed by atoms with Crippen molar-refractivity contribution in [1.82, 2.24) is 14.8 Å². The predicted octanol–water partition coefficient (Wildman–Crippen LogP) is 4.63. The van der Waals surface area contributed by atoms with Gasteiger partial charge in [-0.25, -0.2) is 0 Å². The molecule has 3 aromatic rings. The zero-order valence-electron chi connectivity index (χ0n) is 23.5. The highest BCUT2D eigenvalue weighted by molar-refractivity contribution is 6.36. The van der Waals surface area contributed by atoms with Crippen molar-refractivity contribution < 1.29 is 9.53 Å². The van der Waals surface area contributed by atoms with Gasteiger partial charge in [0, 0.05) is 67.5 Å². The highest BCUT2D eigenvalue weighted by Gasteiger charge is 2.32. The van der Waals surface area contributed by atoms with Gasteiger partial charge >= 0.3 is 0 Å². The maximum atomic E-state index is 12.2. The van der Waals surface area contributed by atoms with Crippen molar-refractivity contribution in [3.8, 4) is 11.9 Å². The Bertz CT molecular complexity index is 1520. The van der Waals surface area contributed by atoms with Crippen molar-refractivity contribution in [2.24, 2.45) is 0 Å².